The molecule has 1 saturated carbocycles. The number of benzene rings is 1. The molecule has 2 rings (SSSR count). The summed E-state index contributed by atoms with van der Waals surface area (Å²) >= 11 is 0. The standard InChI is InChI=1S/C12H17NO.BrH/c13-11-7-4-8-12(11)14-9-10-5-2-1-3-6-10;/h1-3,5-6,11-12H,4,7-9,13H2;1H/t11-,12-;/m1./s1. The van der Waals surface area contributed by atoms with Crippen molar-refractivity contribution in [2.75, 3.05) is 0 Å². The van der Waals surface area contributed by atoms with Gasteiger partial charge in [0.1, 0.15) is 0 Å². The van der Waals surface area contributed by atoms with E-state index in [-0.39, 0.29) is 29.1 Å². The second-order valence-corrected chi connectivity index (χ2v) is 3.93. The molecule has 0 amide bonds. The molecule has 1 aliphatic rings. The number of nitrogens with two attached hydrogens (primary N) is 1. The third kappa shape index (κ3) is 3.59. The largest absolute Gasteiger partial charge is 0.372 e. The molecule has 0 bridgehead atoms. The van der Waals surface area contributed by atoms with Gasteiger partial charge in [0.15, 0.2) is 0 Å². The lowest BCUT2D eigenvalue weighted by Crippen LogP contribution is -2.31. The first-order chi connectivity index (χ1) is 6.86. The highest BCUT2D eigenvalue weighted by Crippen LogP contribution is 2.21. The normalized spacial score (nSPS) is 24.9. The van der Waals surface area contributed by atoms with Gasteiger partial charge in [-0.2, -0.15) is 0 Å². The Morgan fingerprint density at radius 2 is 1.93 bits per heavy atom. The Labute approximate surface area is 102 Å². The molecule has 1 aromatic carbocycles. The van der Waals surface area contributed by atoms with Gasteiger partial charge in [0.25, 0.3) is 0 Å². The zero-order chi connectivity index (χ0) is 9.80. The molecule has 3 heteroatoms. The Hall–Kier alpha value is -0.380. The monoisotopic (exact) mass is 271 g/mol. The smallest absolute Gasteiger partial charge is 0.0730 e. The Morgan fingerprint density at radius 1 is 1.20 bits per heavy atom. The van der Waals surface area contributed by atoms with Crippen molar-refractivity contribution in [1.29, 1.82) is 0 Å². The summed E-state index contributed by atoms with van der Waals surface area (Å²) in [4.78, 5) is 0. The van der Waals surface area contributed by atoms with E-state index in [2.05, 4.69) is 12.1 Å². The Morgan fingerprint density at radius 3 is 2.53 bits per heavy atom. The molecule has 2 atom stereocenters. The first-order valence-electron chi connectivity index (χ1n) is 5.27. The fourth-order valence-electron chi connectivity index (χ4n) is 1.94. The molecule has 0 spiro atoms. The highest BCUT2D eigenvalue weighted by Gasteiger charge is 2.24. The van der Waals surface area contributed by atoms with Crippen LogP contribution in [0.2, 0.25) is 0 Å². The van der Waals surface area contributed by atoms with Gasteiger partial charge in [-0.25, -0.2) is 0 Å². The molecule has 1 aliphatic carbocycles. The zero-order valence-corrected chi connectivity index (χ0v) is 10.5. The lowest BCUT2D eigenvalue weighted by atomic mass is 10.2. The van der Waals surface area contributed by atoms with Crippen molar-refractivity contribution in [1.82, 2.24) is 0 Å². The van der Waals surface area contributed by atoms with E-state index >= 15 is 0 Å². The molecule has 15 heavy (non-hydrogen) atoms. The molecule has 0 saturated heterocycles. The summed E-state index contributed by atoms with van der Waals surface area (Å²) in [5.74, 6) is 0. The first-order valence-corrected chi connectivity index (χ1v) is 5.27. The summed E-state index contributed by atoms with van der Waals surface area (Å²) in [7, 11) is 0. The minimum Gasteiger partial charge on any atom is -0.372 e. The van der Waals surface area contributed by atoms with Crippen LogP contribution in [0.5, 0.6) is 0 Å². The van der Waals surface area contributed by atoms with E-state index in [1.807, 2.05) is 18.2 Å². The average molecular weight is 272 g/mol. The fourth-order valence-corrected chi connectivity index (χ4v) is 1.94. The van der Waals surface area contributed by atoms with Crippen LogP contribution < -0.4 is 5.73 Å². The van der Waals surface area contributed by atoms with Crippen molar-refractivity contribution < 1.29 is 4.74 Å². The van der Waals surface area contributed by atoms with Crippen LogP contribution in [0.3, 0.4) is 0 Å². The van der Waals surface area contributed by atoms with Crippen LogP contribution in [0.1, 0.15) is 24.8 Å². The topological polar surface area (TPSA) is 35.2 Å². The predicted molar refractivity (Wildman–Crippen MR) is 67.2 cm³/mol. The molecule has 84 valence electrons. The molecule has 2 nitrogen and oxygen atoms in total. The molecule has 1 aromatic rings. The van der Waals surface area contributed by atoms with Crippen molar-refractivity contribution in [2.24, 2.45) is 5.73 Å². The van der Waals surface area contributed by atoms with Gasteiger partial charge in [0, 0.05) is 6.04 Å². The van der Waals surface area contributed by atoms with Crippen LogP contribution in [0.25, 0.3) is 0 Å². The van der Waals surface area contributed by atoms with Gasteiger partial charge in [0.2, 0.25) is 0 Å². The van der Waals surface area contributed by atoms with Gasteiger partial charge in [-0.05, 0) is 24.8 Å². The maximum absolute atomic E-state index is 5.92. The van der Waals surface area contributed by atoms with Gasteiger partial charge >= 0.3 is 0 Å². The van der Waals surface area contributed by atoms with Crippen LogP contribution in [-0.4, -0.2) is 12.1 Å². The fraction of sp³-hybridized carbons (Fsp3) is 0.500. The average Bonchev–Trinajstić information content (AvgIpc) is 2.63. The van der Waals surface area contributed by atoms with Gasteiger partial charge < -0.3 is 10.5 Å². The third-order valence-electron chi connectivity index (χ3n) is 2.81. The molecule has 2 N–H and O–H groups in total. The van der Waals surface area contributed by atoms with Crippen LogP contribution in [-0.2, 0) is 11.3 Å². The number of hydrogen-bond acceptors (Lipinski definition) is 2. The van der Waals surface area contributed by atoms with E-state index in [9.17, 15) is 0 Å². The van der Waals surface area contributed by atoms with Crippen molar-refractivity contribution in [3.63, 3.8) is 0 Å². The predicted octanol–water partition coefficient (Wildman–Crippen LogP) is 2.66. The number of rotatable bonds is 3. The van der Waals surface area contributed by atoms with E-state index in [0.29, 0.717) is 6.61 Å². The Balaban J connectivity index is 0.00000112. The van der Waals surface area contributed by atoms with Crippen LogP contribution >= 0.6 is 17.0 Å². The molecule has 0 aliphatic heterocycles. The molecule has 0 heterocycles. The summed E-state index contributed by atoms with van der Waals surface area (Å²) in [5, 5.41) is 0. The van der Waals surface area contributed by atoms with E-state index in [1.165, 1.54) is 12.0 Å². The number of hydrogen-bond donors (Lipinski definition) is 1. The van der Waals surface area contributed by atoms with Crippen molar-refractivity contribution >= 4 is 17.0 Å². The molecular formula is C12H18BrNO. The van der Waals surface area contributed by atoms with Crippen LogP contribution in [0.4, 0.5) is 0 Å². The highest BCUT2D eigenvalue weighted by molar-refractivity contribution is 8.93. The van der Waals surface area contributed by atoms with E-state index in [4.69, 9.17) is 10.5 Å². The number of ether oxygens (including phenoxy) is 1. The second kappa shape index (κ2) is 6.26. The zero-order valence-electron chi connectivity index (χ0n) is 8.76. The van der Waals surface area contributed by atoms with Gasteiger partial charge in [-0.1, -0.05) is 30.3 Å². The molecule has 0 aromatic heterocycles. The maximum atomic E-state index is 5.92. The summed E-state index contributed by atoms with van der Waals surface area (Å²) in [6.07, 6.45) is 3.71. The lowest BCUT2D eigenvalue weighted by Gasteiger charge is -2.16. The van der Waals surface area contributed by atoms with E-state index in [0.717, 1.165) is 12.8 Å². The van der Waals surface area contributed by atoms with Gasteiger partial charge in [-0.15, -0.1) is 17.0 Å². The maximum Gasteiger partial charge on any atom is 0.0730 e. The molecule has 0 unspecified atom stereocenters. The minimum absolute atomic E-state index is 0. The SMILES string of the molecule is Br.N[C@@H]1CCC[C@H]1OCc1ccccc1. The van der Waals surface area contributed by atoms with E-state index < -0.39 is 0 Å². The summed E-state index contributed by atoms with van der Waals surface area (Å²) in [5.41, 5.74) is 7.15. The molecule has 1 fully saturated rings. The van der Waals surface area contributed by atoms with Gasteiger partial charge in [0.05, 0.1) is 12.7 Å². The van der Waals surface area contributed by atoms with Gasteiger partial charge in [-0.3, -0.25) is 0 Å². The quantitative estimate of drug-likeness (QED) is 0.918. The Bertz CT molecular complexity index is 278. The summed E-state index contributed by atoms with van der Waals surface area (Å²) < 4.78 is 5.78. The summed E-state index contributed by atoms with van der Waals surface area (Å²) in [6, 6.07) is 10.5. The lowest BCUT2D eigenvalue weighted by molar-refractivity contribution is 0.0357. The van der Waals surface area contributed by atoms with Crippen LogP contribution in [0, 0.1) is 0 Å². The van der Waals surface area contributed by atoms with E-state index in [1.54, 1.807) is 0 Å². The molecule has 0 radical (unpaired) electrons. The number of halogens is 1. The second-order valence-electron chi connectivity index (χ2n) is 3.93. The minimum atomic E-state index is 0. The highest BCUT2D eigenvalue weighted by atomic mass is 79.9. The molecular weight excluding hydrogens is 254 g/mol. The third-order valence-corrected chi connectivity index (χ3v) is 2.81. The van der Waals surface area contributed by atoms with Crippen molar-refractivity contribution in [2.45, 2.75) is 38.0 Å². The summed E-state index contributed by atoms with van der Waals surface area (Å²) in [6.45, 7) is 0.694. The van der Waals surface area contributed by atoms with Crippen molar-refractivity contribution in [3.05, 3.63) is 35.9 Å². The van der Waals surface area contributed by atoms with Crippen LogP contribution in [0.15, 0.2) is 30.3 Å². The Kier molecular flexibility index (Phi) is 5.29. The van der Waals surface area contributed by atoms with Crippen molar-refractivity contribution in [3.8, 4) is 0 Å². The first kappa shape index (κ1) is 12.7.